The lowest BCUT2D eigenvalue weighted by Crippen LogP contribution is -2.24. The zero-order valence-corrected chi connectivity index (χ0v) is 17.7. The van der Waals surface area contributed by atoms with E-state index in [4.69, 9.17) is 9.47 Å². The minimum Gasteiger partial charge on any atom is -0.496 e. The van der Waals surface area contributed by atoms with Crippen LogP contribution in [-0.4, -0.2) is 27.8 Å². The average molecular weight is 464 g/mol. The number of hydrogen-bond acceptors (Lipinski definition) is 7. The second-order valence-corrected chi connectivity index (χ2v) is 7.62. The van der Waals surface area contributed by atoms with Crippen molar-refractivity contribution in [2.45, 2.75) is 26.5 Å². The Balaban J connectivity index is 1.71. The fourth-order valence-electron chi connectivity index (χ4n) is 2.49. The molecule has 9 heteroatoms. The van der Waals surface area contributed by atoms with Crippen LogP contribution in [0.15, 0.2) is 45.0 Å². The predicted octanol–water partition coefficient (Wildman–Crippen LogP) is 3.90. The molecule has 0 aliphatic heterocycles. The number of rotatable bonds is 7. The largest absolute Gasteiger partial charge is 0.496 e. The lowest BCUT2D eigenvalue weighted by atomic mass is 10.2. The maximum atomic E-state index is 12.3. The first-order chi connectivity index (χ1) is 13.5. The molecule has 0 saturated carbocycles. The molecule has 2 aromatic heterocycles. The minimum absolute atomic E-state index is 0.0141. The van der Waals surface area contributed by atoms with Crippen LogP contribution in [0.5, 0.6) is 5.75 Å². The highest BCUT2D eigenvalue weighted by molar-refractivity contribution is 9.10. The van der Waals surface area contributed by atoms with Gasteiger partial charge in [0.1, 0.15) is 17.4 Å². The van der Waals surface area contributed by atoms with Crippen LogP contribution in [0.2, 0.25) is 0 Å². The highest BCUT2D eigenvalue weighted by Crippen LogP contribution is 2.34. The van der Waals surface area contributed by atoms with Crippen LogP contribution >= 0.6 is 27.3 Å². The molecular weight excluding hydrogens is 446 g/mol. The average Bonchev–Trinajstić information content (AvgIpc) is 3.17. The molecule has 0 unspecified atom stereocenters. The van der Waals surface area contributed by atoms with Crippen molar-refractivity contribution in [2.75, 3.05) is 7.11 Å². The van der Waals surface area contributed by atoms with Crippen LogP contribution in [0.25, 0.3) is 10.6 Å². The molecular formula is C19H18BrN3O4S. The zero-order chi connectivity index (χ0) is 20.1. The second-order valence-electron chi connectivity index (χ2n) is 5.84. The van der Waals surface area contributed by atoms with E-state index in [1.807, 2.05) is 30.5 Å². The van der Waals surface area contributed by atoms with Gasteiger partial charge in [0, 0.05) is 22.5 Å². The predicted molar refractivity (Wildman–Crippen MR) is 110 cm³/mol. The summed E-state index contributed by atoms with van der Waals surface area (Å²) in [6.45, 7) is 2.39. The maximum absolute atomic E-state index is 12.3. The molecule has 0 aliphatic rings. The number of ether oxygens (including phenoxy) is 2. The van der Waals surface area contributed by atoms with E-state index in [1.54, 1.807) is 7.11 Å². The zero-order valence-electron chi connectivity index (χ0n) is 15.3. The van der Waals surface area contributed by atoms with E-state index in [1.165, 1.54) is 28.2 Å². The first-order valence-electron chi connectivity index (χ1n) is 8.55. The first-order valence-corrected chi connectivity index (χ1v) is 10.2. The number of benzene rings is 1. The van der Waals surface area contributed by atoms with Gasteiger partial charge in [0.15, 0.2) is 5.69 Å². The van der Waals surface area contributed by atoms with Crippen LogP contribution < -0.4 is 10.3 Å². The number of carbonyl (C=O) groups is 1. The lowest BCUT2D eigenvalue weighted by molar-refractivity contribution is 0.0458. The van der Waals surface area contributed by atoms with E-state index < -0.39 is 5.97 Å². The molecule has 0 amide bonds. The Hall–Kier alpha value is -2.52. The number of hydrogen-bond donors (Lipinski definition) is 0. The number of nitrogens with zero attached hydrogens (tertiary/aromatic N) is 3. The van der Waals surface area contributed by atoms with Crippen molar-refractivity contribution >= 4 is 33.2 Å². The number of carbonyl (C=O) groups excluding carboxylic acids is 1. The van der Waals surface area contributed by atoms with Gasteiger partial charge in [-0.15, -0.1) is 11.3 Å². The molecule has 2 heterocycles. The number of halogens is 1. The number of aromatic nitrogens is 3. The normalized spacial score (nSPS) is 10.7. The van der Waals surface area contributed by atoms with Crippen molar-refractivity contribution < 1.29 is 14.3 Å². The van der Waals surface area contributed by atoms with Crippen molar-refractivity contribution in [3.63, 3.8) is 0 Å². The summed E-state index contributed by atoms with van der Waals surface area (Å²) in [5.41, 5.74) is 1.33. The van der Waals surface area contributed by atoms with Gasteiger partial charge in [-0.2, -0.15) is 5.10 Å². The van der Waals surface area contributed by atoms with E-state index in [2.05, 4.69) is 26.0 Å². The SMILES string of the molecule is CCCn1nc(C(=O)OCc2csc(-c3cc(Br)ccc3OC)n2)ccc1=O. The molecule has 0 saturated heterocycles. The van der Waals surface area contributed by atoms with Crippen LogP contribution in [0.3, 0.4) is 0 Å². The Morgan fingerprint density at radius 2 is 2.11 bits per heavy atom. The Labute approximate surface area is 174 Å². The van der Waals surface area contributed by atoms with Gasteiger partial charge in [-0.05, 0) is 30.7 Å². The lowest BCUT2D eigenvalue weighted by Gasteiger charge is -2.06. The van der Waals surface area contributed by atoms with Crippen LogP contribution in [0, 0.1) is 0 Å². The van der Waals surface area contributed by atoms with Gasteiger partial charge in [0.2, 0.25) is 0 Å². The fraction of sp³-hybridized carbons (Fsp3) is 0.263. The van der Waals surface area contributed by atoms with Crippen molar-refractivity contribution in [3.8, 4) is 16.3 Å². The second kappa shape index (κ2) is 9.11. The summed E-state index contributed by atoms with van der Waals surface area (Å²) in [6, 6.07) is 8.37. The summed E-state index contributed by atoms with van der Waals surface area (Å²) in [7, 11) is 1.61. The van der Waals surface area contributed by atoms with Crippen LogP contribution in [0.1, 0.15) is 29.5 Å². The number of esters is 1. The molecule has 3 rings (SSSR count). The summed E-state index contributed by atoms with van der Waals surface area (Å²) < 4.78 is 12.9. The van der Waals surface area contributed by atoms with Gasteiger partial charge < -0.3 is 9.47 Å². The van der Waals surface area contributed by atoms with Crippen molar-refractivity contribution in [2.24, 2.45) is 0 Å². The van der Waals surface area contributed by atoms with Gasteiger partial charge in [0.05, 0.1) is 18.4 Å². The molecule has 0 aliphatic carbocycles. The van der Waals surface area contributed by atoms with Crippen molar-refractivity contribution in [1.29, 1.82) is 0 Å². The molecule has 0 spiro atoms. The monoisotopic (exact) mass is 463 g/mol. The molecule has 0 N–H and O–H groups in total. The van der Waals surface area contributed by atoms with E-state index in [0.29, 0.717) is 18.0 Å². The summed E-state index contributed by atoms with van der Waals surface area (Å²) in [5.74, 6) is 0.114. The Morgan fingerprint density at radius 3 is 2.86 bits per heavy atom. The maximum Gasteiger partial charge on any atom is 0.359 e. The number of aryl methyl sites for hydroxylation is 1. The summed E-state index contributed by atoms with van der Waals surface area (Å²) in [6.07, 6.45) is 0.742. The highest BCUT2D eigenvalue weighted by atomic mass is 79.9. The van der Waals surface area contributed by atoms with Gasteiger partial charge in [-0.25, -0.2) is 14.5 Å². The third-order valence-electron chi connectivity index (χ3n) is 3.81. The topological polar surface area (TPSA) is 83.3 Å². The third-order valence-corrected chi connectivity index (χ3v) is 5.22. The van der Waals surface area contributed by atoms with Gasteiger partial charge in [0.25, 0.3) is 5.56 Å². The molecule has 0 radical (unpaired) electrons. The fourth-order valence-corrected chi connectivity index (χ4v) is 3.67. The molecule has 3 aromatic rings. The minimum atomic E-state index is -0.598. The van der Waals surface area contributed by atoms with Gasteiger partial charge in [-0.1, -0.05) is 22.9 Å². The summed E-state index contributed by atoms with van der Waals surface area (Å²) in [4.78, 5) is 28.5. The third kappa shape index (κ3) is 4.66. The van der Waals surface area contributed by atoms with Crippen LogP contribution in [0.4, 0.5) is 0 Å². The van der Waals surface area contributed by atoms with E-state index in [0.717, 1.165) is 21.5 Å². The Morgan fingerprint density at radius 1 is 1.29 bits per heavy atom. The molecule has 0 bridgehead atoms. The van der Waals surface area contributed by atoms with E-state index in [-0.39, 0.29) is 17.9 Å². The van der Waals surface area contributed by atoms with Crippen molar-refractivity contribution in [3.05, 3.63) is 61.9 Å². The molecule has 0 fully saturated rings. The van der Waals surface area contributed by atoms with Gasteiger partial charge in [-0.3, -0.25) is 4.79 Å². The molecule has 146 valence electrons. The van der Waals surface area contributed by atoms with Crippen molar-refractivity contribution in [1.82, 2.24) is 14.8 Å². The number of methoxy groups -OCH3 is 1. The van der Waals surface area contributed by atoms with Crippen LogP contribution in [-0.2, 0) is 17.9 Å². The smallest absolute Gasteiger partial charge is 0.359 e. The quantitative estimate of drug-likeness (QED) is 0.494. The Kier molecular flexibility index (Phi) is 6.58. The summed E-state index contributed by atoms with van der Waals surface area (Å²) >= 11 is 4.88. The van der Waals surface area contributed by atoms with E-state index >= 15 is 0 Å². The number of thiazole rings is 1. The highest BCUT2D eigenvalue weighted by Gasteiger charge is 2.14. The van der Waals surface area contributed by atoms with Gasteiger partial charge >= 0.3 is 5.97 Å². The van der Waals surface area contributed by atoms with E-state index in [9.17, 15) is 9.59 Å². The molecule has 28 heavy (non-hydrogen) atoms. The Bertz CT molecular complexity index is 1050. The molecule has 7 nitrogen and oxygen atoms in total. The first kappa shape index (κ1) is 20.2. The molecule has 1 aromatic carbocycles. The summed E-state index contributed by atoms with van der Waals surface area (Å²) in [5, 5.41) is 6.64. The molecule has 0 atom stereocenters. The standard InChI is InChI=1S/C19H18BrN3O4S/c1-3-8-23-17(24)7-5-15(22-23)19(25)27-10-13-11-28-18(21-13)14-9-12(20)4-6-16(14)26-2/h4-7,9,11H,3,8,10H2,1-2H3.